The van der Waals surface area contributed by atoms with Crippen LogP contribution in [0.15, 0.2) is 22.7 Å². The molecule has 17 heavy (non-hydrogen) atoms. The van der Waals surface area contributed by atoms with Crippen molar-refractivity contribution >= 4 is 21.8 Å². The molecular weight excluding hydrogens is 287 g/mol. The standard InChI is InChI=1S/C12H16BrFN2O/c1-3-16(8-12(17)15-2)7-9-4-5-10(13)6-11(9)14/h4-6H,3,7-8H2,1-2H3,(H,15,17). The fourth-order valence-electron chi connectivity index (χ4n) is 1.45. The Morgan fingerprint density at radius 3 is 2.76 bits per heavy atom. The molecule has 0 saturated heterocycles. The molecule has 1 rings (SSSR count). The summed E-state index contributed by atoms with van der Waals surface area (Å²) in [6.07, 6.45) is 0. The van der Waals surface area contributed by atoms with Crippen molar-refractivity contribution < 1.29 is 9.18 Å². The van der Waals surface area contributed by atoms with E-state index < -0.39 is 0 Å². The van der Waals surface area contributed by atoms with Gasteiger partial charge >= 0.3 is 0 Å². The largest absolute Gasteiger partial charge is 0.358 e. The number of hydrogen-bond acceptors (Lipinski definition) is 2. The van der Waals surface area contributed by atoms with Gasteiger partial charge in [-0.25, -0.2) is 4.39 Å². The number of benzene rings is 1. The van der Waals surface area contributed by atoms with Crippen molar-refractivity contribution in [3.05, 3.63) is 34.1 Å². The van der Waals surface area contributed by atoms with Gasteiger partial charge < -0.3 is 5.32 Å². The third kappa shape index (κ3) is 4.44. The lowest BCUT2D eigenvalue weighted by Crippen LogP contribution is -2.35. The van der Waals surface area contributed by atoms with Crippen LogP contribution in [-0.2, 0) is 11.3 Å². The number of nitrogens with zero attached hydrogens (tertiary/aromatic N) is 1. The van der Waals surface area contributed by atoms with Crippen LogP contribution in [0.25, 0.3) is 0 Å². The number of rotatable bonds is 5. The third-order valence-electron chi connectivity index (χ3n) is 2.50. The van der Waals surface area contributed by atoms with Crippen molar-refractivity contribution in [2.24, 2.45) is 0 Å². The molecule has 3 nitrogen and oxygen atoms in total. The molecule has 0 atom stereocenters. The summed E-state index contributed by atoms with van der Waals surface area (Å²) >= 11 is 3.21. The van der Waals surface area contributed by atoms with E-state index in [2.05, 4.69) is 21.2 Å². The van der Waals surface area contributed by atoms with Gasteiger partial charge in [0.05, 0.1) is 6.54 Å². The number of carbonyl (C=O) groups is 1. The quantitative estimate of drug-likeness (QED) is 0.904. The smallest absolute Gasteiger partial charge is 0.233 e. The Labute approximate surface area is 109 Å². The maximum absolute atomic E-state index is 13.6. The highest BCUT2D eigenvalue weighted by Gasteiger charge is 2.11. The van der Waals surface area contributed by atoms with E-state index in [0.717, 1.165) is 0 Å². The SMILES string of the molecule is CCN(CC(=O)NC)Cc1ccc(Br)cc1F. The summed E-state index contributed by atoms with van der Waals surface area (Å²) in [6, 6.07) is 4.96. The number of nitrogens with one attached hydrogen (secondary N) is 1. The van der Waals surface area contributed by atoms with Crippen molar-refractivity contribution in [3.63, 3.8) is 0 Å². The Hall–Kier alpha value is -0.940. The topological polar surface area (TPSA) is 32.3 Å². The average molecular weight is 303 g/mol. The van der Waals surface area contributed by atoms with Crippen molar-refractivity contribution in [3.8, 4) is 0 Å². The Kier molecular flexibility index (Phi) is 5.58. The third-order valence-corrected chi connectivity index (χ3v) is 3.00. The predicted octanol–water partition coefficient (Wildman–Crippen LogP) is 2.16. The lowest BCUT2D eigenvalue weighted by Gasteiger charge is -2.19. The van der Waals surface area contributed by atoms with E-state index in [1.165, 1.54) is 6.07 Å². The van der Waals surface area contributed by atoms with E-state index in [4.69, 9.17) is 0 Å². The molecule has 1 N–H and O–H groups in total. The molecule has 94 valence electrons. The molecule has 0 bridgehead atoms. The van der Waals surface area contributed by atoms with E-state index in [1.807, 2.05) is 11.8 Å². The fraction of sp³-hybridized carbons (Fsp3) is 0.417. The van der Waals surface area contributed by atoms with E-state index in [9.17, 15) is 9.18 Å². The second-order valence-electron chi connectivity index (χ2n) is 3.71. The van der Waals surface area contributed by atoms with Gasteiger partial charge in [0.1, 0.15) is 5.82 Å². The second kappa shape index (κ2) is 6.71. The van der Waals surface area contributed by atoms with Gasteiger partial charge in [-0.3, -0.25) is 9.69 Å². The molecular formula is C12H16BrFN2O. The summed E-state index contributed by atoms with van der Waals surface area (Å²) in [5, 5.41) is 2.56. The molecule has 5 heteroatoms. The summed E-state index contributed by atoms with van der Waals surface area (Å²) in [7, 11) is 1.59. The zero-order chi connectivity index (χ0) is 12.8. The van der Waals surface area contributed by atoms with Crippen molar-refractivity contribution in [2.75, 3.05) is 20.1 Å². The minimum absolute atomic E-state index is 0.0654. The number of carbonyl (C=O) groups excluding carboxylic acids is 1. The van der Waals surface area contributed by atoms with E-state index in [0.29, 0.717) is 23.1 Å². The maximum Gasteiger partial charge on any atom is 0.233 e. The Bertz CT molecular complexity index is 398. The van der Waals surface area contributed by atoms with E-state index in [1.54, 1.807) is 19.2 Å². The van der Waals surface area contributed by atoms with E-state index in [-0.39, 0.29) is 18.3 Å². The lowest BCUT2D eigenvalue weighted by molar-refractivity contribution is -0.121. The molecule has 0 aromatic heterocycles. The van der Waals surface area contributed by atoms with Gasteiger partial charge in [0.2, 0.25) is 5.91 Å². The van der Waals surface area contributed by atoms with Crippen molar-refractivity contribution in [1.82, 2.24) is 10.2 Å². The molecule has 1 aromatic rings. The Morgan fingerprint density at radius 1 is 1.53 bits per heavy atom. The first-order chi connectivity index (χ1) is 8.06. The van der Waals surface area contributed by atoms with Crippen LogP contribution in [0.2, 0.25) is 0 Å². The molecule has 0 fully saturated rings. The van der Waals surface area contributed by atoms with Gasteiger partial charge in [-0.15, -0.1) is 0 Å². The van der Waals surface area contributed by atoms with Crippen LogP contribution in [-0.4, -0.2) is 30.9 Å². The highest BCUT2D eigenvalue weighted by atomic mass is 79.9. The summed E-state index contributed by atoms with van der Waals surface area (Å²) in [5.41, 5.74) is 0.596. The molecule has 1 aromatic carbocycles. The van der Waals surface area contributed by atoms with Gasteiger partial charge in [-0.05, 0) is 18.7 Å². The molecule has 0 radical (unpaired) electrons. The Balaban J connectivity index is 2.70. The predicted molar refractivity (Wildman–Crippen MR) is 69.1 cm³/mol. The van der Waals surface area contributed by atoms with Crippen LogP contribution >= 0.6 is 15.9 Å². The van der Waals surface area contributed by atoms with Gasteiger partial charge in [-0.1, -0.05) is 28.9 Å². The first kappa shape index (κ1) is 14.1. The second-order valence-corrected chi connectivity index (χ2v) is 4.63. The zero-order valence-electron chi connectivity index (χ0n) is 9.96. The number of likely N-dealkylation sites (N-methyl/N-ethyl adjacent to an activating group) is 2. The average Bonchev–Trinajstić information content (AvgIpc) is 2.31. The van der Waals surface area contributed by atoms with Gasteiger partial charge in [-0.2, -0.15) is 0 Å². The van der Waals surface area contributed by atoms with Crippen LogP contribution in [0.4, 0.5) is 4.39 Å². The van der Waals surface area contributed by atoms with Crippen LogP contribution in [0.5, 0.6) is 0 Å². The van der Waals surface area contributed by atoms with Crippen LogP contribution in [0.1, 0.15) is 12.5 Å². The van der Waals surface area contributed by atoms with Crippen LogP contribution < -0.4 is 5.32 Å². The number of halogens is 2. The molecule has 0 unspecified atom stereocenters. The van der Waals surface area contributed by atoms with Crippen molar-refractivity contribution in [1.29, 1.82) is 0 Å². The summed E-state index contributed by atoms with van der Waals surface area (Å²) in [5.74, 6) is -0.320. The number of hydrogen-bond donors (Lipinski definition) is 1. The highest BCUT2D eigenvalue weighted by molar-refractivity contribution is 9.10. The minimum atomic E-state index is -0.255. The molecule has 0 spiro atoms. The first-order valence-electron chi connectivity index (χ1n) is 5.43. The number of amides is 1. The monoisotopic (exact) mass is 302 g/mol. The lowest BCUT2D eigenvalue weighted by atomic mass is 10.2. The molecule has 1 amide bonds. The normalized spacial score (nSPS) is 10.6. The van der Waals surface area contributed by atoms with Crippen molar-refractivity contribution in [2.45, 2.75) is 13.5 Å². The molecule has 0 saturated carbocycles. The highest BCUT2D eigenvalue weighted by Crippen LogP contribution is 2.16. The Morgan fingerprint density at radius 2 is 2.24 bits per heavy atom. The summed E-state index contributed by atoms with van der Waals surface area (Å²) in [6.45, 7) is 3.36. The zero-order valence-corrected chi connectivity index (χ0v) is 11.6. The molecule has 0 aliphatic heterocycles. The van der Waals surface area contributed by atoms with Crippen LogP contribution in [0.3, 0.4) is 0 Å². The van der Waals surface area contributed by atoms with E-state index >= 15 is 0 Å². The van der Waals surface area contributed by atoms with Gasteiger partial charge in [0.15, 0.2) is 0 Å². The molecule has 0 aliphatic carbocycles. The van der Waals surface area contributed by atoms with Gasteiger partial charge in [0, 0.05) is 23.6 Å². The molecule has 0 heterocycles. The first-order valence-corrected chi connectivity index (χ1v) is 6.23. The summed E-state index contributed by atoms with van der Waals surface area (Å²) in [4.78, 5) is 13.1. The minimum Gasteiger partial charge on any atom is -0.358 e. The maximum atomic E-state index is 13.6. The fourth-order valence-corrected chi connectivity index (χ4v) is 1.79. The van der Waals surface area contributed by atoms with Gasteiger partial charge in [0.25, 0.3) is 0 Å². The molecule has 0 aliphatic rings. The summed E-state index contributed by atoms with van der Waals surface area (Å²) < 4.78 is 14.3. The van der Waals surface area contributed by atoms with Crippen LogP contribution in [0, 0.1) is 5.82 Å².